The van der Waals surface area contributed by atoms with E-state index in [0.29, 0.717) is 19.0 Å². The summed E-state index contributed by atoms with van der Waals surface area (Å²) in [6.45, 7) is 4.31. The summed E-state index contributed by atoms with van der Waals surface area (Å²) >= 11 is 0. The average Bonchev–Trinajstić information content (AvgIpc) is 2.71. The lowest BCUT2D eigenvalue weighted by Gasteiger charge is -2.25. The monoisotopic (exact) mass is 269 g/mol. The van der Waals surface area contributed by atoms with Gasteiger partial charge < -0.3 is 15.3 Å². The third-order valence-electron chi connectivity index (χ3n) is 3.93. The summed E-state index contributed by atoms with van der Waals surface area (Å²) in [5.74, 6) is -0.814. The Balaban J connectivity index is 1.73. The first-order valence-electron chi connectivity index (χ1n) is 7.15. The van der Waals surface area contributed by atoms with Crippen molar-refractivity contribution in [1.82, 2.24) is 15.1 Å². The molecule has 0 radical (unpaired) electrons. The van der Waals surface area contributed by atoms with E-state index in [2.05, 4.69) is 10.2 Å². The van der Waals surface area contributed by atoms with Crippen molar-refractivity contribution < 1.29 is 14.7 Å². The molecule has 0 aromatic carbocycles. The van der Waals surface area contributed by atoms with Gasteiger partial charge in [-0.15, -0.1) is 0 Å². The van der Waals surface area contributed by atoms with Gasteiger partial charge in [0.25, 0.3) is 0 Å². The Morgan fingerprint density at radius 1 is 1.21 bits per heavy atom. The molecule has 6 heteroatoms. The predicted octanol–water partition coefficient (Wildman–Crippen LogP) is 0.731. The largest absolute Gasteiger partial charge is 0.481 e. The zero-order chi connectivity index (χ0) is 13.7. The van der Waals surface area contributed by atoms with Gasteiger partial charge in [0.05, 0.1) is 0 Å². The van der Waals surface area contributed by atoms with Crippen LogP contribution < -0.4 is 5.32 Å². The van der Waals surface area contributed by atoms with Crippen LogP contribution in [0.15, 0.2) is 0 Å². The van der Waals surface area contributed by atoms with E-state index in [1.165, 1.54) is 19.4 Å². The number of rotatable bonds is 4. The summed E-state index contributed by atoms with van der Waals surface area (Å²) in [4.78, 5) is 26.8. The van der Waals surface area contributed by atoms with Crippen molar-refractivity contribution in [2.24, 2.45) is 0 Å². The second kappa shape index (κ2) is 6.75. The van der Waals surface area contributed by atoms with Crippen LogP contribution in [-0.2, 0) is 4.79 Å². The number of aliphatic carboxylic acids is 1. The molecule has 1 atom stereocenters. The second-order valence-corrected chi connectivity index (χ2v) is 5.36. The highest BCUT2D eigenvalue weighted by molar-refractivity contribution is 5.74. The zero-order valence-electron chi connectivity index (χ0n) is 11.3. The minimum Gasteiger partial charge on any atom is -0.481 e. The first kappa shape index (κ1) is 14.1. The van der Waals surface area contributed by atoms with Crippen molar-refractivity contribution in [3.8, 4) is 0 Å². The molecule has 2 heterocycles. The number of amides is 2. The smallest absolute Gasteiger partial charge is 0.317 e. The standard InChI is InChI=1S/C13H23N3O3/c17-12(18)5-1-6-14-13(19)16-9-3-8-15-7-2-4-11(15)10-16/h11H,1-10H2,(H,14,19)(H,17,18). The van der Waals surface area contributed by atoms with Crippen LogP contribution in [-0.4, -0.2) is 65.7 Å². The number of nitrogens with zero attached hydrogens (tertiary/aromatic N) is 2. The number of fused-ring (bicyclic) bond motifs is 1. The fourth-order valence-corrected chi connectivity index (χ4v) is 2.94. The highest BCUT2D eigenvalue weighted by atomic mass is 16.4. The van der Waals surface area contributed by atoms with E-state index in [1.807, 2.05) is 4.90 Å². The number of carboxylic acid groups (broad SMARTS) is 1. The maximum Gasteiger partial charge on any atom is 0.317 e. The third-order valence-corrected chi connectivity index (χ3v) is 3.93. The van der Waals surface area contributed by atoms with Crippen LogP contribution in [0.1, 0.15) is 32.1 Å². The predicted molar refractivity (Wildman–Crippen MR) is 71.1 cm³/mol. The molecule has 0 bridgehead atoms. The van der Waals surface area contributed by atoms with Gasteiger partial charge in [-0.25, -0.2) is 4.79 Å². The molecule has 2 fully saturated rings. The quantitative estimate of drug-likeness (QED) is 0.738. The number of hydrogen-bond donors (Lipinski definition) is 2. The molecule has 2 aliphatic rings. The number of carboxylic acids is 1. The van der Waals surface area contributed by atoms with Crippen molar-refractivity contribution in [1.29, 1.82) is 0 Å². The van der Waals surface area contributed by atoms with Gasteiger partial charge in [0.2, 0.25) is 0 Å². The molecule has 0 aromatic rings. The van der Waals surface area contributed by atoms with Gasteiger partial charge >= 0.3 is 12.0 Å². The molecule has 6 nitrogen and oxygen atoms in total. The molecule has 19 heavy (non-hydrogen) atoms. The number of nitrogens with one attached hydrogen (secondary N) is 1. The van der Waals surface area contributed by atoms with E-state index in [4.69, 9.17) is 5.11 Å². The molecule has 0 aromatic heterocycles. The summed E-state index contributed by atoms with van der Waals surface area (Å²) in [6.07, 6.45) is 4.04. The first-order chi connectivity index (χ1) is 9.16. The Labute approximate surface area is 113 Å². The van der Waals surface area contributed by atoms with Gasteiger partial charge in [-0.2, -0.15) is 0 Å². The Hall–Kier alpha value is -1.30. The topological polar surface area (TPSA) is 72.9 Å². The number of carbonyl (C=O) groups is 2. The summed E-state index contributed by atoms with van der Waals surface area (Å²) in [6, 6.07) is 0.478. The average molecular weight is 269 g/mol. The number of urea groups is 1. The minimum atomic E-state index is -0.814. The summed E-state index contributed by atoms with van der Waals surface area (Å²) in [5.41, 5.74) is 0. The number of hydrogen-bond acceptors (Lipinski definition) is 3. The molecule has 2 N–H and O–H groups in total. The molecular weight excluding hydrogens is 246 g/mol. The van der Waals surface area contributed by atoms with Crippen LogP contribution in [0, 0.1) is 0 Å². The van der Waals surface area contributed by atoms with Crippen LogP contribution >= 0.6 is 0 Å². The first-order valence-corrected chi connectivity index (χ1v) is 7.15. The van der Waals surface area contributed by atoms with Crippen molar-refractivity contribution in [3.63, 3.8) is 0 Å². The van der Waals surface area contributed by atoms with Gasteiger partial charge in [0.15, 0.2) is 0 Å². The summed E-state index contributed by atoms with van der Waals surface area (Å²) in [7, 11) is 0. The van der Waals surface area contributed by atoms with Gasteiger partial charge in [-0.1, -0.05) is 0 Å². The second-order valence-electron chi connectivity index (χ2n) is 5.36. The van der Waals surface area contributed by atoms with Crippen molar-refractivity contribution >= 4 is 12.0 Å². The van der Waals surface area contributed by atoms with Crippen molar-refractivity contribution in [2.45, 2.75) is 38.1 Å². The van der Waals surface area contributed by atoms with Gasteiger partial charge in [0, 0.05) is 38.6 Å². The molecule has 2 aliphatic heterocycles. The lowest BCUT2D eigenvalue weighted by atomic mass is 10.2. The van der Waals surface area contributed by atoms with Crippen LogP contribution in [0.2, 0.25) is 0 Å². The van der Waals surface area contributed by atoms with Gasteiger partial charge in [-0.05, 0) is 32.2 Å². The lowest BCUT2D eigenvalue weighted by molar-refractivity contribution is -0.137. The van der Waals surface area contributed by atoms with Crippen LogP contribution in [0.4, 0.5) is 4.79 Å². The fourth-order valence-electron chi connectivity index (χ4n) is 2.94. The molecule has 1 unspecified atom stereocenters. The van der Waals surface area contributed by atoms with Gasteiger partial charge in [0.1, 0.15) is 0 Å². The lowest BCUT2D eigenvalue weighted by Crippen LogP contribution is -2.44. The van der Waals surface area contributed by atoms with Crippen LogP contribution in [0.3, 0.4) is 0 Å². The minimum absolute atomic E-state index is 0.0425. The molecular formula is C13H23N3O3. The Bertz CT molecular complexity index is 335. The highest BCUT2D eigenvalue weighted by Gasteiger charge is 2.30. The third kappa shape index (κ3) is 4.09. The molecule has 2 saturated heterocycles. The highest BCUT2D eigenvalue weighted by Crippen LogP contribution is 2.21. The Kier molecular flexibility index (Phi) is 5.01. The summed E-state index contributed by atoms with van der Waals surface area (Å²) in [5, 5.41) is 11.4. The zero-order valence-corrected chi connectivity index (χ0v) is 11.3. The molecule has 2 amide bonds. The van der Waals surface area contributed by atoms with Crippen molar-refractivity contribution in [2.75, 3.05) is 32.7 Å². The van der Waals surface area contributed by atoms with Gasteiger partial charge in [-0.3, -0.25) is 9.69 Å². The molecule has 2 rings (SSSR count). The van der Waals surface area contributed by atoms with E-state index in [9.17, 15) is 9.59 Å². The summed E-state index contributed by atoms with van der Waals surface area (Å²) < 4.78 is 0. The Morgan fingerprint density at radius 2 is 2.00 bits per heavy atom. The van der Waals surface area contributed by atoms with E-state index in [0.717, 1.165) is 26.1 Å². The van der Waals surface area contributed by atoms with Crippen molar-refractivity contribution in [3.05, 3.63) is 0 Å². The molecule has 108 valence electrons. The van der Waals surface area contributed by atoms with E-state index >= 15 is 0 Å². The normalized spacial score (nSPS) is 23.8. The molecule has 0 spiro atoms. The fraction of sp³-hybridized carbons (Fsp3) is 0.846. The molecule has 0 aliphatic carbocycles. The van der Waals surface area contributed by atoms with E-state index in [1.54, 1.807) is 0 Å². The van der Waals surface area contributed by atoms with Crippen LogP contribution in [0.25, 0.3) is 0 Å². The number of carbonyl (C=O) groups excluding carboxylic acids is 1. The van der Waals surface area contributed by atoms with Crippen LogP contribution in [0.5, 0.6) is 0 Å². The maximum absolute atomic E-state index is 12.0. The Morgan fingerprint density at radius 3 is 2.79 bits per heavy atom. The SMILES string of the molecule is O=C(O)CCCNC(=O)N1CCCN2CCCC2C1. The van der Waals surface area contributed by atoms with E-state index in [-0.39, 0.29) is 12.5 Å². The molecule has 0 saturated carbocycles. The van der Waals surface area contributed by atoms with E-state index < -0.39 is 5.97 Å². The maximum atomic E-state index is 12.0.